The number of carboxylic acids is 1. The highest BCUT2D eigenvalue weighted by Crippen LogP contribution is 2.30. The molecule has 2 aliphatic heterocycles. The molecular weight excluding hydrogens is 390 g/mol. The van der Waals surface area contributed by atoms with Crippen LogP contribution in [-0.2, 0) is 14.4 Å². The van der Waals surface area contributed by atoms with Crippen LogP contribution in [0.4, 0.5) is 5.69 Å². The molecule has 2 aliphatic rings. The number of aliphatic carboxylic acids is 1. The average Bonchev–Trinajstić information content (AvgIpc) is 3.24. The highest BCUT2D eigenvalue weighted by Gasteiger charge is 2.40. The number of rotatable bonds is 5. The number of nitrogens with zero attached hydrogens (tertiary/aromatic N) is 2. The number of nitrogens with one attached hydrogen (secondary N) is 1. The van der Waals surface area contributed by atoms with Gasteiger partial charge in [0.2, 0.25) is 11.8 Å². The number of anilines is 1. The Labute approximate surface area is 172 Å². The van der Waals surface area contributed by atoms with Gasteiger partial charge in [-0.1, -0.05) is 0 Å². The molecule has 3 amide bonds. The quantitative estimate of drug-likeness (QED) is 0.765. The molecule has 0 saturated carbocycles. The summed E-state index contributed by atoms with van der Waals surface area (Å²) in [6.45, 7) is 0.571. The van der Waals surface area contributed by atoms with E-state index in [4.69, 9.17) is 4.42 Å². The summed E-state index contributed by atoms with van der Waals surface area (Å²) in [6, 6.07) is 7.86. The molecule has 0 spiro atoms. The second-order valence-electron chi connectivity index (χ2n) is 7.31. The molecule has 1 aromatic heterocycles. The number of hydrogen-bond acceptors (Lipinski definition) is 6. The van der Waals surface area contributed by atoms with Gasteiger partial charge in [0.05, 0.1) is 24.1 Å². The van der Waals surface area contributed by atoms with Crippen molar-refractivity contribution in [3.05, 3.63) is 42.2 Å². The second-order valence-corrected chi connectivity index (χ2v) is 7.31. The van der Waals surface area contributed by atoms with E-state index in [0.29, 0.717) is 17.0 Å². The van der Waals surface area contributed by atoms with Crippen LogP contribution in [0.25, 0.3) is 11.3 Å². The monoisotopic (exact) mass is 410 g/mol. The maximum Gasteiger partial charge on any atom is 0.256 e. The van der Waals surface area contributed by atoms with E-state index in [1.807, 2.05) is 0 Å². The molecule has 0 bridgehead atoms. The number of carbonyl (C=O) groups is 4. The first-order chi connectivity index (χ1) is 14.4. The summed E-state index contributed by atoms with van der Waals surface area (Å²) in [4.78, 5) is 51.9. The number of benzene rings is 1. The third kappa shape index (κ3) is 3.78. The number of furan rings is 1. The highest BCUT2D eigenvalue weighted by molar-refractivity contribution is 6.10. The SMILES string of the molecule is O=C([O-])CCCC(=O)N1CCN2C(=O)c3cc(-c4ccco4)ccc3NC(=O)[C@@H]2C1. The molecule has 1 N–H and O–H groups in total. The van der Waals surface area contributed by atoms with Crippen LogP contribution < -0.4 is 10.4 Å². The van der Waals surface area contributed by atoms with E-state index in [1.165, 1.54) is 9.80 Å². The van der Waals surface area contributed by atoms with Crippen molar-refractivity contribution >= 4 is 29.4 Å². The minimum absolute atomic E-state index is 0.0585. The van der Waals surface area contributed by atoms with E-state index in [1.54, 1.807) is 36.6 Å². The number of amides is 3. The lowest BCUT2D eigenvalue weighted by Gasteiger charge is -2.39. The van der Waals surface area contributed by atoms with Gasteiger partial charge in [-0.15, -0.1) is 0 Å². The van der Waals surface area contributed by atoms with Crippen LogP contribution in [0.1, 0.15) is 29.6 Å². The van der Waals surface area contributed by atoms with Crippen molar-refractivity contribution in [1.29, 1.82) is 0 Å². The molecule has 0 radical (unpaired) electrons. The fourth-order valence-electron chi connectivity index (χ4n) is 3.82. The van der Waals surface area contributed by atoms with Gasteiger partial charge in [-0.05, 0) is 43.2 Å². The standard InChI is InChI=1S/C21H21N3O6/c25-18(4-1-5-19(26)27)23-8-9-24-16(12-23)20(28)22-15-7-6-13(11-14(15)21(24)29)17-3-2-10-30-17/h2-3,6-7,10-11,16H,1,4-5,8-9,12H2,(H,22,28)(H,26,27)/p-1/t16-/m0/s1. The van der Waals surface area contributed by atoms with E-state index in [-0.39, 0.29) is 56.6 Å². The van der Waals surface area contributed by atoms with Gasteiger partial charge in [0, 0.05) is 31.0 Å². The first kappa shape index (κ1) is 19.7. The fraction of sp³-hybridized carbons (Fsp3) is 0.333. The largest absolute Gasteiger partial charge is 0.550 e. The number of fused-ring (bicyclic) bond motifs is 2. The molecule has 4 rings (SSSR count). The lowest BCUT2D eigenvalue weighted by molar-refractivity contribution is -0.305. The van der Waals surface area contributed by atoms with E-state index in [9.17, 15) is 24.3 Å². The molecule has 0 unspecified atom stereocenters. The molecule has 156 valence electrons. The maximum absolute atomic E-state index is 13.2. The molecule has 30 heavy (non-hydrogen) atoms. The Bertz CT molecular complexity index is 1000. The summed E-state index contributed by atoms with van der Waals surface area (Å²) < 4.78 is 5.40. The molecule has 0 aliphatic carbocycles. The summed E-state index contributed by atoms with van der Waals surface area (Å²) in [5.74, 6) is -1.47. The lowest BCUT2D eigenvalue weighted by atomic mass is 10.0. The highest BCUT2D eigenvalue weighted by atomic mass is 16.4. The average molecular weight is 410 g/mol. The van der Waals surface area contributed by atoms with Crippen molar-refractivity contribution in [2.24, 2.45) is 0 Å². The Morgan fingerprint density at radius 1 is 1.17 bits per heavy atom. The van der Waals surface area contributed by atoms with Gasteiger partial charge < -0.3 is 29.4 Å². The molecule has 1 aromatic carbocycles. The van der Waals surface area contributed by atoms with E-state index in [2.05, 4.69) is 5.32 Å². The zero-order valence-electron chi connectivity index (χ0n) is 16.1. The van der Waals surface area contributed by atoms with Gasteiger partial charge in [0.25, 0.3) is 5.91 Å². The summed E-state index contributed by atoms with van der Waals surface area (Å²) in [6.07, 6.45) is 1.59. The molecular formula is C21H20N3O6-. The number of carboxylic acid groups (broad SMARTS) is 1. The Morgan fingerprint density at radius 3 is 2.73 bits per heavy atom. The summed E-state index contributed by atoms with van der Waals surface area (Å²) in [5, 5.41) is 13.3. The van der Waals surface area contributed by atoms with Gasteiger partial charge >= 0.3 is 0 Å². The van der Waals surface area contributed by atoms with Crippen molar-refractivity contribution < 1.29 is 28.7 Å². The Kier molecular flexibility index (Phi) is 5.26. The van der Waals surface area contributed by atoms with Crippen LogP contribution in [-0.4, -0.2) is 59.2 Å². The predicted octanol–water partition coefficient (Wildman–Crippen LogP) is 0.472. The van der Waals surface area contributed by atoms with Crippen LogP contribution in [0.15, 0.2) is 41.0 Å². The van der Waals surface area contributed by atoms with E-state index in [0.717, 1.165) is 5.56 Å². The topological polar surface area (TPSA) is 123 Å². The first-order valence-corrected chi connectivity index (χ1v) is 9.71. The number of carbonyl (C=O) groups excluding carboxylic acids is 4. The molecule has 9 heteroatoms. The fourth-order valence-corrected chi connectivity index (χ4v) is 3.82. The number of hydrogen-bond donors (Lipinski definition) is 1. The van der Waals surface area contributed by atoms with Gasteiger partial charge in [-0.25, -0.2) is 0 Å². The molecule has 1 saturated heterocycles. The number of piperazine rings is 1. The van der Waals surface area contributed by atoms with E-state index < -0.39 is 12.0 Å². The summed E-state index contributed by atoms with van der Waals surface area (Å²) in [7, 11) is 0. The van der Waals surface area contributed by atoms with Gasteiger partial charge in [0.1, 0.15) is 11.8 Å². The lowest BCUT2D eigenvalue weighted by Crippen LogP contribution is -2.59. The van der Waals surface area contributed by atoms with Crippen LogP contribution in [0.2, 0.25) is 0 Å². The van der Waals surface area contributed by atoms with Crippen molar-refractivity contribution in [2.45, 2.75) is 25.3 Å². The third-order valence-electron chi connectivity index (χ3n) is 5.38. The van der Waals surface area contributed by atoms with Gasteiger partial charge in [-0.3, -0.25) is 14.4 Å². The zero-order valence-corrected chi connectivity index (χ0v) is 16.1. The summed E-state index contributed by atoms with van der Waals surface area (Å²) >= 11 is 0. The van der Waals surface area contributed by atoms with Crippen molar-refractivity contribution in [2.75, 3.05) is 25.0 Å². The Balaban J connectivity index is 1.52. The zero-order chi connectivity index (χ0) is 21.3. The van der Waals surface area contributed by atoms with Gasteiger partial charge in [0.15, 0.2) is 0 Å². The molecule has 1 atom stereocenters. The third-order valence-corrected chi connectivity index (χ3v) is 5.38. The van der Waals surface area contributed by atoms with Crippen LogP contribution in [0, 0.1) is 0 Å². The molecule has 3 heterocycles. The normalized spacial score (nSPS) is 18.3. The van der Waals surface area contributed by atoms with E-state index >= 15 is 0 Å². The molecule has 1 fully saturated rings. The van der Waals surface area contributed by atoms with Gasteiger partial charge in [-0.2, -0.15) is 0 Å². The predicted molar refractivity (Wildman–Crippen MR) is 103 cm³/mol. The maximum atomic E-state index is 13.2. The first-order valence-electron chi connectivity index (χ1n) is 9.71. The molecule has 2 aromatic rings. The minimum Gasteiger partial charge on any atom is -0.550 e. The van der Waals surface area contributed by atoms with Crippen LogP contribution in [0.3, 0.4) is 0 Å². The Hall–Kier alpha value is -3.62. The summed E-state index contributed by atoms with van der Waals surface area (Å²) in [5.41, 5.74) is 1.51. The van der Waals surface area contributed by atoms with Crippen LogP contribution in [0.5, 0.6) is 0 Å². The Morgan fingerprint density at radius 2 is 2.00 bits per heavy atom. The minimum atomic E-state index is -1.20. The van der Waals surface area contributed by atoms with Crippen molar-refractivity contribution in [1.82, 2.24) is 9.80 Å². The smallest absolute Gasteiger partial charge is 0.256 e. The van der Waals surface area contributed by atoms with Crippen LogP contribution >= 0.6 is 0 Å². The second kappa shape index (κ2) is 8.02. The van der Waals surface area contributed by atoms with Crippen molar-refractivity contribution in [3.8, 4) is 11.3 Å². The molecule has 9 nitrogen and oxygen atoms in total. The van der Waals surface area contributed by atoms with Crippen molar-refractivity contribution in [3.63, 3.8) is 0 Å².